The number of nitrogens with one attached hydrogen (secondary N) is 3. The van der Waals surface area contributed by atoms with Gasteiger partial charge in [0.05, 0.1) is 17.8 Å². The number of benzene rings is 1. The van der Waals surface area contributed by atoms with Gasteiger partial charge in [-0.15, -0.1) is 0 Å². The standard InChI is InChI=1S/C23H23F3N6O/c1-22(2)19-15(20(31-30-19)29-18-10-6-9-17(28-18)23(24,25)26)12-32(22)21(33)27-16-11-14(16)13-7-4-3-5-8-13/h3-10,14,16H,11-12H2,1-2H3,(H,27,33)(H2,28,29,30,31)/t14?,16-/m0/s1. The predicted octanol–water partition coefficient (Wildman–Crippen LogP) is 4.88. The predicted molar refractivity (Wildman–Crippen MR) is 116 cm³/mol. The number of hydrogen-bond acceptors (Lipinski definition) is 4. The number of rotatable bonds is 4. The van der Waals surface area contributed by atoms with Gasteiger partial charge in [0.2, 0.25) is 0 Å². The number of carbonyl (C=O) groups is 1. The lowest BCUT2D eigenvalue weighted by Gasteiger charge is -2.32. The molecule has 3 heterocycles. The average molecular weight is 456 g/mol. The quantitative estimate of drug-likeness (QED) is 0.522. The zero-order chi connectivity index (χ0) is 23.4. The van der Waals surface area contributed by atoms with Crippen molar-refractivity contribution in [3.63, 3.8) is 0 Å². The maximum Gasteiger partial charge on any atom is 0.433 e. The van der Waals surface area contributed by atoms with Crippen molar-refractivity contribution >= 4 is 17.7 Å². The smallest absolute Gasteiger partial charge is 0.335 e. The van der Waals surface area contributed by atoms with E-state index in [1.54, 1.807) is 4.90 Å². The summed E-state index contributed by atoms with van der Waals surface area (Å²) in [5, 5.41) is 13.1. The first-order valence-electron chi connectivity index (χ1n) is 10.7. The van der Waals surface area contributed by atoms with E-state index in [1.165, 1.54) is 17.7 Å². The minimum absolute atomic E-state index is 0.0310. The summed E-state index contributed by atoms with van der Waals surface area (Å²) in [4.78, 5) is 18.4. The van der Waals surface area contributed by atoms with Crippen LogP contribution in [0.5, 0.6) is 0 Å². The molecule has 172 valence electrons. The van der Waals surface area contributed by atoms with Crippen LogP contribution < -0.4 is 10.6 Å². The van der Waals surface area contributed by atoms with E-state index in [1.807, 2.05) is 32.0 Å². The lowest BCUT2D eigenvalue weighted by Crippen LogP contribution is -2.47. The fourth-order valence-electron chi connectivity index (χ4n) is 4.39. The highest BCUT2D eigenvalue weighted by Crippen LogP contribution is 2.43. The number of nitrogens with zero attached hydrogens (tertiary/aromatic N) is 3. The van der Waals surface area contributed by atoms with Crippen LogP contribution in [0.2, 0.25) is 0 Å². The van der Waals surface area contributed by atoms with Gasteiger partial charge in [-0.1, -0.05) is 36.4 Å². The van der Waals surface area contributed by atoms with Crippen molar-refractivity contribution in [3.05, 3.63) is 71.0 Å². The Kier molecular flexibility index (Phi) is 4.84. The molecule has 2 aliphatic rings. The molecular weight excluding hydrogens is 433 g/mol. The summed E-state index contributed by atoms with van der Waals surface area (Å²) in [7, 11) is 0. The Labute approximate surface area is 188 Å². The van der Waals surface area contributed by atoms with Crippen LogP contribution in [0, 0.1) is 0 Å². The van der Waals surface area contributed by atoms with Gasteiger partial charge in [-0.3, -0.25) is 5.10 Å². The van der Waals surface area contributed by atoms with Crippen molar-refractivity contribution in [3.8, 4) is 0 Å². The lowest BCUT2D eigenvalue weighted by atomic mass is 10.0. The van der Waals surface area contributed by atoms with Gasteiger partial charge in [0.1, 0.15) is 11.5 Å². The number of alkyl halides is 3. The Bertz CT molecular complexity index is 1190. The Morgan fingerprint density at radius 1 is 1.15 bits per heavy atom. The van der Waals surface area contributed by atoms with Crippen LogP contribution >= 0.6 is 0 Å². The normalized spacial score (nSPS) is 20.9. The van der Waals surface area contributed by atoms with Crippen molar-refractivity contribution in [1.82, 2.24) is 25.4 Å². The molecule has 7 nitrogen and oxygen atoms in total. The number of hydrogen-bond donors (Lipinski definition) is 3. The van der Waals surface area contributed by atoms with Crippen molar-refractivity contribution in [2.45, 2.75) is 50.5 Å². The fourth-order valence-corrected chi connectivity index (χ4v) is 4.39. The molecule has 2 aromatic heterocycles. The van der Waals surface area contributed by atoms with Gasteiger partial charge in [0.15, 0.2) is 5.82 Å². The van der Waals surface area contributed by atoms with Crippen LogP contribution in [0.3, 0.4) is 0 Å². The first-order valence-corrected chi connectivity index (χ1v) is 10.7. The lowest BCUT2D eigenvalue weighted by molar-refractivity contribution is -0.141. The molecule has 2 amide bonds. The molecule has 1 saturated carbocycles. The SMILES string of the molecule is CC1(C)c2[nH]nc(Nc3cccc(C(F)(F)F)n3)c2CN1C(=O)N[C@H]1CC1c1ccccc1. The molecule has 2 atom stereocenters. The number of aromatic nitrogens is 3. The Balaban J connectivity index is 1.30. The van der Waals surface area contributed by atoms with Crippen molar-refractivity contribution in [2.24, 2.45) is 0 Å². The largest absolute Gasteiger partial charge is 0.433 e. The molecule has 1 aliphatic carbocycles. The van der Waals surface area contributed by atoms with Gasteiger partial charge < -0.3 is 15.5 Å². The molecule has 0 spiro atoms. The van der Waals surface area contributed by atoms with Crippen LogP contribution in [0.1, 0.15) is 48.7 Å². The summed E-state index contributed by atoms with van der Waals surface area (Å²) < 4.78 is 39.0. The molecule has 3 aromatic rings. The van der Waals surface area contributed by atoms with Gasteiger partial charge in [-0.05, 0) is 38.0 Å². The number of H-pyrrole nitrogens is 1. The molecule has 1 fully saturated rings. The van der Waals surface area contributed by atoms with E-state index in [2.05, 4.69) is 37.9 Å². The molecule has 1 unspecified atom stereocenters. The summed E-state index contributed by atoms with van der Waals surface area (Å²) in [5.74, 6) is 0.696. The van der Waals surface area contributed by atoms with E-state index in [0.717, 1.165) is 23.7 Å². The summed E-state index contributed by atoms with van der Waals surface area (Å²) >= 11 is 0. The van der Waals surface area contributed by atoms with Gasteiger partial charge in [0.25, 0.3) is 0 Å². The second-order valence-electron chi connectivity index (χ2n) is 8.91. The monoisotopic (exact) mass is 456 g/mol. The Morgan fingerprint density at radius 2 is 1.91 bits per heavy atom. The molecule has 5 rings (SSSR count). The first-order chi connectivity index (χ1) is 15.6. The summed E-state index contributed by atoms with van der Waals surface area (Å²) in [6, 6.07) is 13.6. The minimum atomic E-state index is -4.54. The average Bonchev–Trinajstić information content (AvgIpc) is 3.33. The highest BCUT2D eigenvalue weighted by Gasteiger charge is 2.46. The number of pyridine rings is 1. The second-order valence-corrected chi connectivity index (χ2v) is 8.91. The van der Waals surface area contributed by atoms with E-state index in [-0.39, 0.29) is 24.4 Å². The third-order valence-electron chi connectivity index (χ3n) is 6.33. The van der Waals surface area contributed by atoms with Crippen LogP contribution in [0.4, 0.5) is 29.6 Å². The van der Waals surface area contributed by atoms with E-state index < -0.39 is 17.4 Å². The van der Waals surface area contributed by atoms with Gasteiger partial charge in [-0.25, -0.2) is 9.78 Å². The number of amides is 2. The zero-order valence-corrected chi connectivity index (χ0v) is 18.1. The maximum absolute atomic E-state index is 13.1. The molecule has 0 saturated heterocycles. The van der Waals surface area contributed by atoms with E-state index in [4.69, 9.17) is 0 Å². The van der Waals surface area contributed by atoms with Crippen LogP contribution in [-0.2, 0) is 18.3 Å². The number of carbonyl (C=O) groups excluding carboxylic acids is 1. The van der Waals surface area contributed by atoms with Crippen LogP contribution in [0.15, 0.2) is 48.5 Å². The Morgan fingerprint density at radius 3 is 2.64 bits per heavy atom. The number of fused-ring (bicyclic) bond motifs is 1. The highest BCUT2D eigenvalue weighted by atomic mass is 19.4. The zero-order valence-electron chi connectivity index (χ0n) is 18.1. The number of anilines is 2. The molecule has 1 aliphatic heterocycles. The second kappa shape index (κ2) is 7.50. The van der Waals surface area contributed by atoms with Crippen LogP contribution in [-0.4, -0.2) is 32.2 Å². The van der Waals surface area contributed by atoms with E-state index >= 15 is 0 Å². The molecule has 3 N–H and O–H groups in total. The maximum atomic E-state index is 13.1. The molecule has 0 bridgehead atoms. The number of aromatic amines is 1. The van der Waals surface area contributed by atoms with Gasteiger partial charge >= 0.3 is 12.2 Å². The van der Waals surface area contributed by atoms with Gasteiger partial charge in [-0.2, -0.15) is 18.3 Å². The molecule has 1 aromatic carbocycles. The molecule has 10 heteroatoms. The molecule has 33 heavy (non-hydrogen) atoms. The first kappa shape index (κ1) is 21.3. The van der Waals surface area contributed by atoms with E-state index in [0.29, 0.717) is 11.7 Å². The minimum Gasteiger partial charge on any atom is -0.335 e. The van der Waals surface area contributed by atoms with Crippen molar-refractivity contribution < 1.29 is 18.0 Å². The Hall–Kier alpha value is -3.56. The van der Waals surface area contributed by atoms with Gasteiger partial charge in [0, 0.05) is 17.5 Å². The third-order valence-corrected chi connectivity index (χ3v) is 6.33. The van der Waals surface area contributed by atoms with Crippen LogP contribution in [0.25, 0.3) is 0 Å². The third kappa shape index (κ3) is 3.90. The van der Waals surface area contributed by atoms with E-state index in [9.17, 15) is 18.0 Å². The highest BCUT2D eigenvalue weighted by molar-refractivity contribution is 5.78. The van der Waals surface area contributed by atoms with Crippen molar-refractivity contribution in [2.75, 3.05) is 5.32 Å². The number of halogens is 3. The fraction of sp³-hybridized carbons (Fsp3) is 0.348. The number of urea groups is 1. The summed E-state index contributed by atoms with van der Waals surface area (Å²) in [5.41, 5.74) is 1.02. The topological polar surface area (TPSA) is 85.9 Å². The molecule has 0 radical (unpaired) electrons. The summed E-state index contributed by atoms with van der Waals surface area (Å²) in [6.45, 7) is 4.09. The summed E-state index contributed by atoms with van der Waals surface area (Å²) in [6.07, 6.45) is -3.65. The molecular formula is C23H23F3N6O. The van der Waals surface area contributed by atoms with Crippen molar-refractivity contribution in [1.29, 1.82) is 0 Å².